The summed E-state index contributed by atoms with van der Waals surface area (Å²) in [4.78, 5) is 4.22. The molecule has 0 spiro atoms. The number of hydrogen-bond donors (Lipinski definition) is 1. The van der Waals surface area contributed by atoms with Gasteiger partial charge >= 0.3 is 0 Å². The molecule has 2 N–H and O–H groups in total. The van der Waals surface area contributed by atoms with Gasteiger partial charge in [0.15, 0.2) is 5.65 Å². The monoisotopic (exact) mass is 224 g/mol. The second-order valence-corrected chi connectivity index (χ2v) is 4.03. The van der Waals surface area contributed by atoms with Crippen molar-refractivity contribution in [3.8, 4) is 11.3 Å². The molecule has 4 nitrogen and oxygen atoms in total. The second-order valence-electron chi connectivity index (χ2n) is 4.03. The minimum atomic E-state index is 0.508. The van der Waals surface area contributed by atoms with E-state index in [-0.39, 0.29) is 0 Å². The molecule has 0 aliphatic rings. The van der Waals surface area contributed by atoms with Gasteiger partial charge < -0.3 is 5.73 Å². The normalized spacial score (nSPS) is 10.9. The largest absolute Gasteiger partial charge is 0.384 e. The first-order chi connectivity index (χ1) is 8.24. The Bertz CT molecular complexity index is 667. The number of aryl methyl sites for hydroxylation is 1. The fourth-order valence-electron chi connectivity index (χ4n) is 1.86. The first-order valence-corrected chi connectivity index (χ1v) is 5.41. The van der Waals surface area contributed by atoms with Gasteiger partial charge in [-0.3, -0.25) is 0 Å². The van der Waals surface area contributed by atoms with Crippen LogP contribution in [0.2, 0.25) is 0 Å². The predicted molar refractivity (Wildman–Crippen MR) is 67.6 cm³/mol. The summed E-state index contributed by atoms with van der Waals surface area (Å²) in [5.74, 6) is 0.508. The van der Waals surface area contributed by atoms with Crippen molar-refractivity contribution in [3.05, 3.63) is 48.2 Å². The van der Waals surface area contributed by atoms with Crippen molar-refractivity contribution >= 4 is 11.5 Å². The Hall–Kier alpha value is -2.36. The van der Waals surface area contributed by atoms with Gasteiger partial charge in [0.2, 0.25) is 0 Å². The lowest BCUT2D eigenvalue weighted by Gasteiger charge is -2.06. The zero-order chi connectivity index (χ0) is 11.8. The van der Waals surface area contributed by atoms with Gasteiger partial charge in [0, 0.05) is 17.7 Å². The van der Waals surface area contributed by atoms with Gasteiger partial charge in [-0.15, -0.1) is 0 Å². The summed E-state index contributed by atoms with van der Waals surface area (Å²) in [6.45, 7) is 2.06. The maximum absolute atomic E-state index is 5.80. The van der Waals surface area contributed by atoms with Crippen LogP contribution in [0.4, 0.5) is 5.82 Å². The third-order valence-electron chi connectivity index (χ3n) is 2.73. The number of hydrogen-bond acceptors (Lipinski definition) is 3. The summed E-state index contributed by atoms with van der Waals surface area (Å²) in [6, 6.07) is 11.9. The van der Waals surface area contributed by atoms with Crippen LogP contribution in [0.3, 0.4) is 0 Å². The third kappa shape index (κ3) is 1.63. The molecule has 0 fully saturated rings. The van der Waals surface area contributed by atoms with E-state index in [0.717, 1.165) is 16.9 Å². The van der Waals surface area contributed by atoms with Crippen LogP contribution in [0, 0.1) is 6.92 Å². The van der Waals surface area contributed by atoms with Crippen molar-refractivity contribution in [2.75, 3.05) is 5.73 Å². The van der Waals surface area contributed by atoms with Crippen LogP contribution in [0.15, 0.2) is 42.6 Å². The van der Waals surface area contributed by atoms with Crippen molar-refractivity contribution in [3.63, 3.8) is 0 Å². The van der Waals surface area contributed by atoms with Crippen molar-refractivity contribution < 1.29 is 0 Å². The first-order valence-electron chi connectivity index (χ1n) is 5.41. The Morgan fingerprint density at radius 2 is 1.88 bits per heavy atom. The van der Waals surface area contributed by atoms with E-state index < -0.39 is 0 Å². The van der Waals surface area contributed by atoms with Gasteiger partial charge in [-0.25, -0.2) is 9.50 Å². The predicted octanol–water partition coefficient (Wildman–Crippen LogP) is 2.29. The average molecular weight is 224 g/mol. The van der Waals surface area contributed by atoms with Gasteiger partial charge in [0.25, 0.3) is 0 Å². The summed E-state index contributed by atoms with van der Waals surface area (Å²) in [5.41, 5.74) is 9.83. The van der Waals surface area contributed by atoms with Crippen LogP contribution in [0.1, 0.15) is 5.56 Å². The van der Waals surface area contributed by atoms with E-state index in [0.29, 0.717) is 5.82 Å². The molecule has 0 atom stereocenters. The average Bonchev–Trinajstić information content (AvgIpc) is 2.77. The maximum atomic E-state index is 5.80. The third-order valence-corrected chi connectivity index (χ3v) is 2.73. The highest BCUT2D eigenvalue weighted by molar-refractivity contribution is 5.66. The molecule has 0 aliphatic heterocycles. The van der Waals surface area contributed by atoms with E-state index in [9.17, 15) is 0 Å². The molecule has 3 aromatic rings. The van der Waals surface area contributed by atoms with Crippen LogP contribution < -0.4 is 5.73 Å². The highest BCUT2D eigenvalue weighted by Crippen LogP contribution is 2.21. The number of anilines is 1. The number of nitrogens with two attached hydrogens (primary N) is 1. The van der Waals surface area contributed by atoms with Gasteiger partial charge in [0.1, 0.15) is 5.82 Å². The van der Waals surface area contributed by atoms with E-state index in [4.69, 9.17) is 5.73 Å². The molecule has 0 aliphatic carbocycles. The topological polar surface area (TPSA) is 56.2 Å². The number of aromatic nitrogens is 3. The molecule has 0 saturated heterocycles. The van der Waals surface area contributed by atoms with Crippen molar-refractivity contribution in [1.82, 2.24) is 14.6 Å². The van der Waals surface area contributed by atoms with E-state index in [1.54, 1.807) is 10.7 Å². The van der Waals surface area contributed by atoms with Crippen molar-refractivity contribution in [2.45, 2.75) is 6.92 Å². The first kappa shape index (κ1) is 9.84. The summed E-state index contributed by atoms with van der Waals surface area (Å²) in [6.07, 6.45) is 1.72. The Morgan fingerprint density at radius 3 is 2.65 bits per heavy atom. The minimum Gasteiger partial charge on any atom is -0.384 e. The lowest BCUT2D eigenvalue weighted by Crippen LogP contribution is -1.99. The van der Waals surface area contributed by atoms with Gasteiger partial charge in [-0.05, 0) is 6.92 Å². The smallest absolute Gasteiger partial charge is 0.158 e. The van der Waals surface area contributed by atoms with E-state index in [1.165, 1.54) is 5.56 Å². The SMILES string of the molecule is Cc1ccc(-c2cc(N)nc3ccnn23)cc1. The number of fused-ring (bicyclic) bond motifs is 1. The molecule has 0 saturated carbocycles. The molecule has 0 unspecified atom stereocenters. The number of rotatable bonds is 1. The highest BCUT2D eigenvalue weighted by atomic mass is 15.3. The highest BCUT2D eigenvalue weighted by Gasteiger charge is 2.06. The molecule has 84 valence electrons. The summed E-state index contributed by atoms with van der Waals surface area (Å²) in [7, 11) is 0. The van der Waals surface area contributed by atoms with Gasteiger partial charge in [0.05, 0.1) is 11.9 Å². The maximum Gasteiger partial charge on any atom is 0.158 e. The summed E-state index contributed by atoms with van der Waals surface area (Å²) >= 11 is 0. The van der Waals surface area contributed by atoms with E-state index in [1.807, 2.05) is 12.1 Å². The molecular formula is C13H12N4. The Kier molecular flexibility index (Phi) is 2.08. The van der Waals surface area contributed by atoms with Crippen LogP contribution in [0.5, 0.6) is 0 Å². The Balaban J connectivity index is 2.28. The van der Waals surface area contributed by atoms with Crippen LogP contribution in [-0.4, -0.2) is 14.6 Å². The molecule has 4 heteroatoms. The molecule has 0 radical (unpaired) electrons. The zero-order valence-electron chi connectivity index (χ0n) is 9.46. The summed E-state index contributed by atoms with van der Waals surface area (Å²) in [5, 5.41) is 4.26. The van der Waals surface area contributed by atoms with E-state index in [2.05, 4.69) is 41.3 Å². The molecule has 0 amide bonds. The summed E-state index contributed by atoms with van der Waals surface area (Å²) < 4.78 is 1.79. The molecule has 2 aromatic heterocycles. The van der Waals surface area contributed by atoms with Crippen LogP contribution in [0.25, 0.3) is 16.9 Å². The Labute approximate surface area is 98.7 Å². The fourth-order valence-corrected chi connectivity index (χ4v) is 1.86. The number of nitrogen functional groups attached to an aromatic ring is 1. The van der Waals surface area contributed by atoms with Gasteiger partial charge in [-0.1, -0.05) is 29.8 Å². The van der Waals surface area contributed by atoms with Crippen molar-refractivity contribution in [2.24, 2.45) is 0 Å². The lowest BCUT2D eigenvalue weighted by molar-refractivity contribution is 0.950. The van der Waals surface area contributed by atoms with E-state index >= 15 is 0 Å². The quantitative estimate of drug-likeness (QED) is 0.690. The standard InChI is InChI=1S/C13H12N4/c1-9-2-4-10(5-3-9)11-8-12(14)16-13-6-7-15-17(11)13/h2-8H,1H3,(H2,14,16). The number of nitrogens with zero attached hydrogens (tertiary/aromatic N) is 3. The minimum absolute atomic E-state index is 0.508. The second kappa shape index (κ2) is 3.59. The van der Waals surface area contributed by atoms with Crippen LogP contribution >= 0.6 is 0 Å². The zero-order valence-corrected chi connectivity index (χ0v) is 9.46. The molecule has 2 heterocycles. The molecule has 17 heavy (non-hydrogen) atoms. The molecule has 0 bridgehead atoms. The molecular weight excluding hydrogens is 212 g/mol. The van der Waals surface area contributed by atoms with Crippen molar-refractivity contribution in [1.29, 1.82) is 0 Å². The van der Waals surface area contributed by atoms with Gasteiger partial charge in [-0.2, -0.15) is 5.10 Å². The fraction of sp³-hybridized carbons (Fsp3) is 0.0769. The number of benzene rings is 1. The molecule has 3 rings (SSSR count). The Morgan fingerprint density at radius 1 is 1.12 bits per heavy atom. The van der Waals surface area contributed by atoms with Crippen LogP contribution in [-0.2, 0) is 0 Å². The molecule has 1 aromatic carbocycles. The lowest BCUT2D eigenvalue weighted by atomic mass is 10.1.